The van der Waals surface area contributed by atoms with E-state index in [0.29, 0.717) is 6.42 Å². The second-order valence-electron chi connectivity index (χ2n) is 11.6. The number of rotatable bonds is 30. The number of carbonyl (C=O) groups is 1. The molecule has 0 aliphatic heterocycles. The molecule has 234 valence electrons. The van der Waals surface area contributed by atoms with E-state index in [0.717, 1.165) is 44.9 Å². The largest absolute Gasteiger partial charge is 0.394 e. The van der Waals surface area contributed by atoms with Gasteiger partial charge in [0, 0.05) is 6.42 Å². The highest BCUT2D eigenvalue weighted by Crippen LogP contribution is 2.11. The summed E-state index contributed by atoms with van der Waals surface area (Å²) in [6.45, 7) is 4.26. The zero-order valence-electron chi connectivity index (χ0n) is 26.6. The highest BCUT2D eigenvalue weighted by Gasteiger charge is 2.17. The lowest BCUT2D eigenvalue weighted by Gasteiger charge is -2.19. The van der Waals surface area contributed by atoms with Crippen molar-refractivity contribution in [3.8, 4) is 0 Å². The number of unbranched alkanes of at least 4 members (excludes halogenated alkanes) is 19. The van der Waals surface area contributed by atoms with E-state index in [1.807, 2.05) is 6.08 Å². The topological polar surface area (TPSA) is 69.6 Å². The van der Waals surface area contributed by atoms with Gasteiger partial charge in [0.2, 0.25) is 5.91 Å². The van der Waals surface area contributed by atoms with Crippen LogP contribution in [0.3, 0.4) is 0 Å². The monoisotopic (exact) mass is 562 g/mol. The molecule has 0 aliphatic carbocycles. The Labute approximate surface area is 249 Å². The van der Waals surface area contributed by atoms with Crippen LogP contribution in [0.1, 0.15) is 168 Å². The number of aliphatic hydroxyl groups excluding tert-OH is 2. The molecule has 0 bridgehead atoms. The van der Waals surface area contributed by atoms with E-state index in [1.165, 1.54) is 103 Å². The van der Waals surface area contributed by atoms with Crippen molar-refractivity contribution in [2.75, 3.05) is 6.61 Å². The number of allylic oxidation sites excluding steroid dienone is 5. The van der Waals surface area contributed by atoms with Crippen LogP contribution in [0.5, 0.6) is 0 Å². The van der Waals surface area contributed by atoms with E-state index in [2.05, 4.69) is 43.5 Å². The lowest BCUT2D eigenvalue weighted by molar-refractivity contribution is -0.123. The quantitative estimate of drug-likeness (QED) is 0.0603. The van der Waals surface area contributed by atoms with Crippen molar-refractivity contribution in [3.05, 3.63) is 36.5 Å². The Morgan fingerprint density at radius 1 is 0.575 bits per heavy atom. The second-order valence-corrected chi connectivity index (χ2v) is 11.6. The molecule has 4 nitrogen and oxygen atoms in total. The van der Waals surface area contributed by atoms with Gasteiger partial charge in [0.15, 0.2) is 0 Å². The van der Waals surface area contributed by atoms with Crippen molar-refractivity contribution in [1.82, 2.24) is 5.32 Å². The van der Waals surface area contributed by atoms with E-state index in [4.69, 9.17) is 0 Å². The fraction of sp³-hybridized carbons (Fsp3) is 0.806. The van der Waals surface area contributed by atoms with E-state index >= 15 is 0 Å². The van der Waals surface area contributed by atoms with Crippen molar-refractivity contribution < 1.29 is 15.0 Å². The molecule has 0 fully saturated rings. The predicted octanol–water partition coefficient (Wildman–Crippen LogP) is 9.90. The van der Waals surface area contributed by atoms with Crippen LogP contribution in [0.25, 0.3) is 0 Å². The van der Waals surface area contributed by atoms with Gasteiger partial charge in [0.05, 0.1) is 18.8 Å². The summed E-state index contributed by atoms with van der Waals surface area (Å²) < 4.78 is 0. The average molecular weight is 562 g/mol. The standard InChI is InChI=1S/C36H67NO3/c1-3-5-7-9-11-13-15-17-18-20-21-23-25-27-29-31-35(39)34(33-38)37-36(40)32-30-28-26-24-22-19-16-14-12-10-8-6-4-2/h19,21-23,29,31,34-35,38-39H,3-18,20,24-28,30,32-33H2,1-2H3,(H,37,40)/b22-19-,23-21+,31-29+. The fourth-order valence-electron chi connectivity index (χ4n) is 4.89. The van der Waals surface area contributed by atoms with Gasteiger partial charge in [-0.2, -0.15) is 0 Å². The smallest absolute Gasteiger partial charge is 0.220 e. The molecule has 2 atom stereocenters. The van der Waals surface area contributed by atoms with Crippen molar-refractivity contribution in [2.24, 2.45) is 0 Å². The highest BCUT2D eigenvalue weighted by molar-refractivity contribution is 5.76. The van der Waals surface area contributed by atoms with Crippen LogP contribution in [-0.2, 0) is 4.79 Å². The third-order valence-corrected chi connectivity index (χ3v) is 7.60. The van der Waals surface area contributed by atoms with Gasteiger partial charge in [-0.25, -0.2) is 0 Å². The van der Waals surface area contributed by atoms with Crippen LogP contribution in [-0.4, -0.2) is 34.9 Å². The lowest BCUT2D eigenvalue weighted by Crippen LogP contribution is -2.45. The fourth-order valence-corrected chi connectivity index (χ4v) is 4.89. The van der Waals surface area contributed by atoms with Crippen LogP contribution >= 0.6 is 0 Å². The minimum Gasteiger partial charge on any atom is -0.394 e. The van der Waals surface area contributed by atoms with E-state index in [9.17, 15) is 15.0 Å². The Balaban J connectivity index is 3.74. The summed E-state index contributed by atoms with van der Waals surface area (Å²) in [6.07, 6.45) is 40.8. The van der Waals surface area contributed by atoms with Crippen LogP contribution in [0, 0.1) is 0 Å². The predicted molar refractivity (Wildman–Crippen MR) is 175 cm³/mol. The third-order valence-electron chi connectivity index (χ3n) is 7.60. The molecule has 3 N–H and O–H groups in total. The van der Waals surface area contributed by atoms with E-state index < -0.39 is 12.1 Å². The van der Waals surface area contributed by atoms with Crippen molar-refractivity contribution in [3.63, 3.8) is 0 Å². The van der Waals surface area contributed by atoms with Gasteiger partial charge in [-0.3, -0.25) is 4.79 Å². The number of carbonyl (C=O) groups excluding carboxylic acids is 1. The van der Waals surface area contributed by atoms with Crippen molar-refractivity contribution >= 4 is 5.91 Å². The van der Waals surface area contributed by atoms with Crippen molar-refractivity contribution in [2.45, 2.75) is 180 Å². The molecule has 2 unspecified atom stereocenters. The van der Waals surface area contributed by atoms with Gasteiger partial charge >= 0.3 is 0 Å². The van der Waals surface area contributed by atoms with Crippen molar-refractivity contribution in [1.29, 1.82) is 0 Å². The SMILES string of the molecule is CCCCCCCC/C=C\CCCCCC(=O)NC(CO)C(O)/C=C/CC/C=C/CCCCCCCCCCC. The van der Waals surface area contributed by atoms with E-state index in [-0.39, 0.29) is 12.5 Å². The first kappa shape index (κ1) is 38.6. The molecule has 0 spiro atoms. The van der Waals surface area contributed by atoms with Crippen LogP contribution in [0.2, 0.25) is 0 Å². The Bertz CT molecular complexity index is 613. The zero-order valence-corrected chi connectivity index (χ0v) is 26.6. The van der Waals surface area contributed by atoms with Crippen LogP contribution in [0.15, 0.2) is 36.5 Å². The Hall–Kier alpha value is -1.39. The van der Waals surface area contributed by atoms with Gasteiger partial charge in [0.1, 0.15) is 0 Å². The van der Waals surface area contributed by atoms with Crippen LogP contribution < -0.4 is 5.32 Å². The lowest BCUT2D eigenvalue weighted by atomic mass is 10.1. The van der Waals surface area contributed by atoms with Gasteiger partial charge in [-0.15, -0.1) is 0 Å². The number of hydrogen-bond donors (Lipinski definition) is 3. The van der Waals surface area contributed by atoms with Gasteiger partial charge in [-0.1, -0.05) is 140 Å². The first-order valence-corrected chi connectivity index (χ1v) is 17.2. The summed E-state index contributed by atoms with van der Waals surface area (Å²) in [6, 6.07) is -0.643. The molecule has 1 amide bonds. The number of nitrogens with one attached hydrogen (secondary N) is 1. The number of amides is 1. The first-order valence-electron chi connectivity index (χ1n) is 17.2. The molecule has 4 heteroatoms. The minimum atomic E-state index is -0.864. The molecule has 0 rings (SSSR count). The number of hydrogen-bond acceptors (Lipinski definition) is 3. The molecular weight excluding hydrogens is 494 g/mol. The third kappa shape index (κ3) is 28.1. The molecule has 0 aromatic rings. The maximum atomic E-state index is 12.3. The molecule has 0 saturated carbocycles. The number of aliphatic hydroxyl groups is 2. The van der Waals surface area contributed by atoms with Gasteiger partial charge in [0.25, 0.3) is 0 Å². The first-order chi connectivity index (χ1) is 19.7. The van der Waals surface area contributed by atoms with Crippen LogP contribution in [0.4, 0.5) is 0 Å². The maximum absolute atomic E-state index is 12.3. The normalized spacial score (nSPS) is 13.6. The molecule has 0 aliphatic rings. The summed E-state index contributed by atoms with van der Waals surface area (Å²) in [5.41, 5.74) is 0. The molecule has 0 saturated heterocycles. The summed E-state index contributed by atoms with van der Waals surface area (Å²) >= 11 is 0. The molecule has 40 heavy (non-hydrogen) atoms. The maximum Gasteiger partial charge on any atom is 0.220 e. The minimum absolute atomic E-state index is 0.0930. The molecule has 0 aromatic heterocycles. The Kier molecular flexibility index (Phi) is 31.0. The molecule has 0 heterocycles. The summed E-state index contributed by atoms with van der Waals surface area (Å²) in [5.74, 6) is -0.0930. The second kappa shape index (κ2) is 32.1. The summed E-state index contributed by atoms with van der Waals surface area (Å²) in [7, 11) is 0. The molecular formula is C36H67NO3. The summed E-state index contributed by atoms with van der Waals surface area (Å²) in [5, 5.41) is 22.8. The molecule has 0 aromatic carbocycles. The molecule has 0 radical (unpaired) electrons. The van der Waals surface area contributed by atoms with Gasteiger partial charge < -0.3 is 15.5 Å². The Morgan fingerprint density at radius 2 is 0.975 bits per heavy atom. The zero-order chi connectivity index (χ0) is 29.4. The Morgan fingerprint density at radius 3 is 1.45 bits per heavy atom. The van der Waals surface area contributed by atoms with Gasteiger partial charge in [-0.05, 0) is 57.8 Å². The van der Waals surface area contributed by atoms with E-state index in [1.54, 1.807) is 6.08 Å². The average Bonchev–Trinajstić information content (AvgIpc) is 2.96. The summed E-state index contributed by atoms with van der Waals surface area (Å²) in [4.78, 5) is 12.3. The highest BCUT2D eigenvalue weighted by atomic mass is 16.3.